The van der Waals surface area contributed by atoms with Gasteiger partial charge in [0.05, 0.1) is 5.69 Å². The van der Waals surface area contributed by atoms with Crippen LogP contribution in [0.25, 0.3) is 16.2 Å². The topological polar surface area (TPSA) is 77.8 Å². The molecule has 4 heterocycles. The Labute approximate surface area is 159 Å². The van der Waals surface area contributed by atoms with Crippen molar-refractivity contribution < 1.29 is 14.3 Å². The van der Waals surface area contributed by atoms with E-state index in [0.29, 0.717) is 27.3 Å². The number of amides is 1. The van der Waals surface area contributed by atoms with E-state index in [1.54, 1.807) is 10.6 Å². The van der Waals surface area contributed by atoms with E-state index in [4.69, 9.17) is 21.1 Å². The smallest absolute Gasteiger partial charge is 0.277 e. The Hall–Kier alpha value is -2.62. The molecule has 0 saturated heterocycles. The molecule has 0 saturated carbocycles. The summed E-state index contributed by atoms with van der Waals surface area (Å²) in [6, 6.07) is 5.61. The van der Waals surface area contributed by atoms with Gasteiger partial charge in [0.1, 0.15) is 0 Å². The lowest BCUT2D eigenvalue weighted by Crippen LogP contribution is -2.14. The lowest BCUT2D eigenvalue weighted by molar-refractivity contribution is 0.102. The number of ether oxygens (including phenoxy) is 2. The molecule has 0 atom stereocenters. The van der Waals surface area contributed by atoms with Crippen molar-refractivity contribution in [3.8, 4) is 22.8 Å². The minimum absolute atomic E-state index is 0.168. The Balaban J connectivity index is 1.41. The number of hydrogen-bond acceptors (Lipinski definition) is 7. The van der Waals surface area contributed by atoms with Gasteiger partial charge in [0, 0.05) is 22.5 Å². The number of rotatable bonds is 3. The zero-order valence-electron chi connectivity index (χ0n) is 12.9. The maximum atomic E-state index is 12.6. The van der Waals surface area contributed by atoms with Crippen LogP contribution in [0.5, 0.6) is 11.5 Å². The monoisotopic (exact) mass is 404 g/mol. The van der Waals surface area contributed by atoms with E-state index >= 15 is 0 Å². The molecular weight excluding hydrogens is 396 g/mol. The Morgan fingerprint density at radius 3 is 3.04 bits per heavy atom. The predicted molar refractivity (Wildman–Crippen MR) is 99.7 cm³/mol. The molecule has 1 N–H and O–H groups in total. The van der Waals surface area contributed by atoms with Crippen molar-refractivity contribution in [2.75, 3.05) is 12.1 Å². The number of nitrogens with one attached hydrogen (secondary N) is 1. The quantitative estimate of drug-likeness (QED) is 0.555. The van der Waals surface area contributed by atoms with Gasteiger partial charge in [-0.15, -0.1) is 22.7 Å². The van der Waals surface area contributed by atoms with Crippen LogP contribution >= 0.6 is 34.3 Å². The molecule has 130 valence electrons. The normalized spacial score (nSPS) is 12.7. The van der Waals surface area contributed by atoms with Crippen LogP contribution in [0.2, 0.25) is 5.15 Å². The van der Waals surface area contributed by atoms with E-state index in [-0.39, 0.29) is 17.9 Å². The van der Waals surface area contributed by atoms with Crippen molar-refractivity contribution in [3.05, 3.63) is 46.0 Å². The fourth-order valence-electron chi connectivity index (χ4n) is 2.64. The summed E-state index contributed by atoms with van der Waals surface area (Å²) < 4.78 is 12.4. The molecule has 0 bridgehead atoms. The number of carbonyl (C=O) groups excluding carboxylic acids is 1. The number of benzene rings is 1. The van der Waals surface area contributed by atoms with Gasteiger partial charge in [0.2, 0.25) is 6.79 Å². The summed E-state index contributed by atoms with van der Waals surface area (Å²) in [4.78, 5) is 21.9. The summed E-state index contributed by atoms with van der Waals surface area (Å²) in [6.07, 6.45) is 1.76. The molecule has 0 spiro atoms. The van der Waals surface area contributed by atoms with Crippen LogP contribution < -0.4 is 14.8 Å². The summed E-state index contributed by atoms with van der Waals surface area (Å²) >= 11 is 8.84. The first-order valence-corrected chi connectivity index (χ1v) is 9.61. The Kier molecular flexibility index (Phi) is 3.59. The third-order valence-corrected chi connectivity index (χ3v) is 5.61. The number of aromatic nitrogens is 3. The largest absolute Gasteiger partial charge is 0.454 e. The Morgan fingerprint density at radius 2 is 2.12 bits per heavy atom. The highest BCUT2D eigenvalue weighted by Gasteiger charge is 2.20. The van der Waals surface area contributed by atoms with Gasteiger partial charge in [-0.1, -0.05) is 11.6 Å². The SMILES string of the molecule is O=C(Nc1nc(-c2ccc3c(c2)OCO3)cs1)c1c(Cl)nc2sccn12. The highest BCUT2D eigenvalue weighted by atomic mass is 35.5. The minimum atomic E-state index is -0.354. The molecule has 4 aromatic rings. The van der Waals surface area contributed by atoms with E-state index in [0.717, 1.165) is 11.3 Å². The lowest BCUT2D eigenvalue weighted by atomic mass is 10.1. The van der Waals surface area contributed by atoms with Crippen molar-refractivity contribution in [1.82, 2.24) is 14.4 Å². The lowest BCUT2D eigenvalue weighted by Gasteiger charge is -2.01. The van der Waals surface area contributed by atoms with Gasteiger partial charge in [-0.25, -0.2) is 9.97 Å². The second kappa shape index (κ2) is 5.97. The van der Waals surface area contributed by atoms with Crippen molar-refractivity contribution in [1.29, 1.82) is 0 Å². The van der Waals surface area contributed by atoms with Crippen LogP contribution in [-0.4, -0.2) is 27.1 Å². The molecule has 7 nitrogen and oxygen atoms in total. The fourth-order valence-corrected chi connectivity index (χ4v) is 4.37. The van der Waals surface area contributed by atoms with E-state index in [9.17, 15) is 4.79 Å². The molecule has 1 aliphatic rings. The van der Waals surface area contributed by atoms with Gasteiger partial charge in [0.15, 0.2) is 32.4 Å². The zero-order chi connectivity index (χ0) is 17.7. The molecule has 1 aromatic carbocycles. The maximum Gasteiger partial charge on any atom is 0.277 e. The van der Waals surface area contributed by atoms with E-state index in [1.807, 2.05) is 29.0 Å². The van der Waals surface area contributed by atoms with Gasteiger partial charge in [-0.05, 0) is 18.2 Å². The summed E-state index contributed by atoms with van der Waals surface area (Å²) in [6.45, 7) is 0.223. The molecule has 0 fully saturated rings. The van der Waals surface area contributed by atoms with E-state index in [2.05, 4.69) is 15.3 Å². The number of nitrogens with zero attached hydrogens (tertiary/aromatic N) is 3. The molecule has 1 aliphatic heterocycles. The van der Waals surface area contributed by atoms with Crippen LogP contribution in [0.4, 0.5) is 5.13 Å². The Morgan fingerprint density at radius 1 is 1.23 bits per heavy atom. The first-order chi connectivity index (χ1) is 12.7. The van der Waals surface area contributed by atoms with Crippen molar-refractivity contribution in [2.45, 2.75) is 0 Å². The summed E-state index contributed by atoms with van der Waals surface area (Å²) in [5.41, 5.74) is 1.92. The van der Waals surface area contributed by atoms with Gasteiger partial charge in [0.25, 0.3) is 5.91 Å². The third-order valence-electron chi connectivity index (χ3n) is 3.83. The molecule has 10 heteroatoms. The minimum Gasteiger partial charge on any atom is -0.454 e. The number of imidazole rings is 1. The van der Waals surface area contributed by atoms with Crippen molar-refractivity contribution in [2.24, 2.45) is 0 Å². The number of halogens is 1. The summed E-state index contributed by atoms with van der Waals surface area (Å²) in [5, 5.41) is 7.14. The van der Waals surface area contributed by atoms with Crippen LogP contribution in [0.3, 0.4) is 0 Å². The van der Waals surface area contributed by atoms with Gasteiger partial charge in [-0.3, -0.25) is 14.5 Å². The standard InChI is InChI=1S/C16H9ClN4O3S2/c17-13-12(21-3-4-25-16(21)19-13)14(22)20-15-18-9(6-26-15)8-1-2-10-11(5-8)24-7-23-10/h1-6H,7H2,(H,18,20,22). The average molecular weight is 405 g/mol. The number of hydrogen-bond donors (Lipinski definition) is 1. The second-order valence-corrected chi connectivity index (χ2v) is 7.46. The fraction of sp³-hybridized carbons (Fsp3) is 0.0625. The van der Waals surface area contributed by atoms with E-state index < -0.39 is 0 Å². The van der Waals surface area contributed by atoms with Gasteiger partial charge in [-0.2, -0.15) is 0 Å². The third kappa shape index (κ3) is 2.52. The first kappa shape index (κ1) is 15.6. The summed E-state index contributed by atoms with van der Waals surface area (Å²) in [5.74, 6) is 1.05. The predicted octanol–water partition coefficient (Wildman–Crippen LogP) is 4.15. The molecule has 0 aliphatic carbocycles. The molecule has 1 amide bonds. The van der Waals surface area contributed by atoms with Gasteiger partial charge >= 0.3 is 0 Å². The van der Waals surface area contributed by atoms with Crippen LogP contribution in [0.1, 0.15) is 10.5 Å². The van der Waals surface area contributed by atoms with Gasteiger partial charge < -0.3 is 9.47 Å². The summed E-state index contributed by atoms with van der Waals surface area (Å²) in [7, 11) is 0. The van der Waals surface area contributed by atoms with Crippen LogP contribution in [-0.2, 0) is 0 Å². The van der Waals surface area contributed by atoms with Crippen molar-refractivity contribution in [3.63, 3.8) is 0 Å². The molecule has 0 unspecified atom stereocenters. The van der Waals surface area contributed by atoms with E-state index in [1.165, 1.54) is 22.7 Å². The Bertz CT molecular complexity index is 1150. The average Bonchev–Trinajstić information content (AvgIpc) is 3.37. The zero-order valence-corrected chi connectivity index (χ0v) is 15.3. The van der Waals surface area contributed by atoms with Crippen molar-refractivity contribution >= 4 is 50.3 Å². The molecule has 5 rings (SSSR count). The highest BCUT2D eigenvalue weighted by Crippen LogP contribution is 2.36. The molecular formula is C16H9ClN4O3S2. The molecule has 0 radical (unpaired) electrons. The molecule has 26 heavy (non-hydrogen) atoms. The molecule has 3 aromatic heterocycles. The maximum absolute atomic E-state index is 12.6. The number of thiazole rings is 2. The van der Waals surface area contributed by atoms with Crippen LogP contribution in [0, 0.1) is 0 Å². The number of anilines is 1. The number of carbonyl (C=O) groups is 1. The highest BCUT2D eigenvalue weighted by molar-refractivity contribution is 7.15. The first-order valence-electron chi connectivity index (χ1n) is 7.47. The second-order valence-electron chi connectivity index (χ2n) is 5.37. The van der Waals surface area contributed by atoms with Crippen LogP contribution in [0.15, 0.2) is 35.2 Å². The number of fused-ring (bicyclic) bond motifs is 2.